The van der Waals surface area contributed by atoms with Gasteiger partial charge in [-0.1, -0.05) is 66.2 Å². The summed E-state index contributed by atoms with van der Waals surface area (Å²) in [6, 6.07) is 20.0. The zero-order valence-corrected chi connectivity index (χ0v) is 20.9. The van der Waals surface area contributed by atoms with E-state index in [1.807, 2.05) is 42.5 Å². The lowest BCUT2D eigenvalue weighted by molar-refractivity contribution is 0.0759. The summed E-state index contributed by atoms with van der Waals surface area (Å²) in [5.41, 5.74) is 1.52. The second-order valence-corrected chi connectivity index (χ2v) is 11.0. The van der Waals surface area contributed by atoms with E-state index in [4.69, 9.17) is 16.3 Å². The number of benzene rings is 3. The highest BCUT2D eigenvalue weighted by molar-refractivity contribution is 7.90. The maximum absolute atomic E-state index is 14.5. The van der Waals surface area contributed by atoms with Gasteiger partial charge in [0.05, 0.1) is 6.04 Å². The quantitative estimate of drug-likeness (QED) is 0.458. The van der Waals surface area contributed by atoms with Crippen molar-refractivity contribution in [2.24, 2.45) is 4.40 Å². The Morgan fingerprint density at radius 3 is 2.37 bits per heavy atom. The van der Waals surface area contributed by atoms with Crippen molar-refractivity contribution in [2.45, 2.75) is 37.2 Å². The normalized spacial score (nSPS) is 19.3. The third-order valence-electron chi connectivity index (χ3n) is 5.87. The van der Waals surface area contributed by atoms with Crippen molar-refractivity contribution in [1.82, 2.24) is 5.32 Å². The fourth-order valence-electron chi connectivity index (χ4n) is 4.32. The molecule has 2 atom stereocenters. The molecule has 6 nitrogen and oxygen atoms in total. The van der Waals surface area contributed by atoms with Crippen LogP contribution in [0, 0.1) is 5.82 Å². The third kappa shape index (κ3) is 5.50. The molecule has 3 aromatic rings. The average molecular weight is 517 g/mol. The molecular weight excluding hydrogens is 491 g/mol. The zero-order chi connectivity index (χ0) is 25.2. The lowest BCUT2D eigenvalue weighted by atomic mass is 9.95. The number of aliphatic hydroxyl groups excluding tert-OH is 1. The van der Waals surface area contributed by atoms with Gasteiger partial charge >= 0.3 is 6.02 Å². The molecule has 184 valence electrons. The lowest BCUT2D eigenvalue weighted by Crippen LogP contribution is -2.47. The van der Waals surface area contributed by atoms with Gasteiger partial charge < -0.3 is 15.2 Å². The Balaban J connectivity index is 1.64. The third-order valence-corrected chi connectivity index (χ3v) is 7.96. The van der Waals surface area contributed by atoms with Gasteiger partial charge in [0.25, 0.3) is 10.0 Å². The molecule has 0 saturated carbocycles. The van der Waals surface area contributed by atoms with Crippen molar-refractivity contribution in [3.8, 4) is 11.1 Å². The van der Waals surface area contributed by atoms with Crippen molar-refractivity contribution in [1.29, 1.82) is 0 Å². The Kier molecular flexibility index (Phi) is 7.17. The van der Waals surface area contributed by atoms with E-state index in [1.165, 1.54) is 18.2 Å². The molecule has 2 N–H and O–H groups in total. The summed E-state index contributed by atoms with van der Waals surface area (Å²) in [6.07, 6.45) is 0.0878. The Hall–Kier alpha value is -2.94. The van der Waals surface area contributed by atoms with Gasteiger partial charge in [-0.3, -0.25) is 0 Å². The number of amidine groups is 1. The highest BCUT2D eigenvalue weighted by atomic mass is 35.5. The number of rotatable bonds is 6. The van der Waals surface area contributed by atoms with E-state index < -0.39 is 32.7 Å². The standard InChI is InChI=1S/C26H26ClFN2O4S/c1-26(2)24(19-10-8-18(9-11-19)17-6-4-3-5-7-17)35(32,33)30-25(34-26)29-23(14-15-31)21-16-20(27)12-13-22(21)28/h3-13,16,23-24,31H,14-15H2,1-2H3,(H,29,30)/t23-,24?/m0/s1. The first-order chi connectivity index (χ1) is 16.6. The first kappa shape index (κ1) is 25.2. The molecule has 1 heterocycles. The molecule has 1 aliphatic rings. The van der Waals surface area contributed by atoms with Gasteiger partial charge in [-0.2, -0.15) is 0 Å². The van der Waals surface area contributed by atoms with Crippen LogP contribution in [0.25, 0.3) is 11.1 Å². The fraction of sp³-hybridized carbons (Fsp3) is 0.269. The van der Waals surface area contributed by atoms with Crippen molar-refractivity contribution in [3.05, 3.63) is 94.8 Å². The number of halogens is 2. The van der Waals surface area contributed by atoms with E-state index in [0.717, 1.165) is 11.1 Å². The summed E-state index contributed by atoms with van der Waals surface area (Å²) in [7, 11) is -4.05. The molecule has 4 rings (SSSR count). The average Bonchev–Trinajstić information content (AvgIpc) is 2.80. The SMILES string of the molecule is CC1(C)OC(N[C@@H](CCO)c2cc(Cl)ccc2F)=NS(=O)(=O)C1c1ccc(-c2ccccc2)cc1. The minimum atomic E-state index is -4.05. The van der Waals surface area contributed by atoms with Gasteiger partial charge in [-0.05, 0) is 55.2 Å². The minimum Gasteiger partial charge on any atom is -0.457 e. The van der Waals surface area contributed by atoms with Gasteiger partial charge in [-0.25, -0.2) is 12.8 Å². The van der Waals surface area contributed by atoms with E-state index in [0.29, 0.717) is 10.6 Å². The lowest BCUT2D eigenvalue weighted by Gasteiger charge is -2.38. The molecule has 0 fully saturated rings. The number of hydrogen-bond acceptors (Lipinski definition) is 5. The van der Waals surface area contributed by atoms with Crippen molar-refractivity contribution in [2.75, 3.05) is 6.61 Å². The number of aliphatic hydroxyl groups is 1. The summed E-state index contributed by atoms with van der Waals surface area (Å²) >= 11 is 6.02. The van der Waals surface area contributed by atoms with Crippen LogP contribution in [0.3, 0.4) is 0 Å². The van der Waals surface area contributed by atoms with Gasteiger partial charge in [-0.15, -0.1) is 4.40 Å². The molecule has 1 unspecified atom stereocenters. The summed E-state index contributed by atoms with van der Waals surface area (Å²) in [4.78, 5) is 0. The Morgan fingerprint density at radius 1 is 1.09 bits per heavy atom. The van der Waals surface area contributed by atoms with Crippen LogP contribution < -0.4 is 5.32 Å². The van der Waals surface area contributed by atoms with Crippen LogP contribution >= 0.6 is 11.6 Å². The van der Waals surface area contributed by atoms with Crippen LogP contribution in [0.5, 0.6) is 0 Å². The summed E-state index contributed by atoms with van der Waals surface area (Å²) in [5.74, 6) is -0.546. The molecule has 35 heavy (non-hydrogen) atoms. The molecular formula is C26H26ClFN2O4S. The van der Waals surface area contributed by atoms with Gasteiger partial charge in [0.1, 0.15) is 16.7 Å². The Bertz CT molecular complexity index is 1330. The van der Waals surface area contributed by atoms with Gasteiger partial charge in [0.2, 0.25) is 0 Å². The predicted molar refractivity (Wildman–Crippen MR) is 135 cm³/mol. The number of nitrogens with one attached hydrogen (secondary N) is 1. The number of nitrogens with zero attached hydrogens (tertiary/aromatic N) is 1. The summed E-state index contributed by atoms with van der Waals surface area (Å²) in [5, 5.41) is 11.6. The monoisotopic (exact) mass is 516 g/mol. The molecule has 0 saturated heterocycles. The molecule has 1 aliphatic heterocycles. The molecule has 0 amide bonds. The Labute approximate surface area is 209 Å². The smallest absolute Gasteiger partial charge is 0.301 e. The van der Waals surface area contributed by atoms with Gasteiger partial charge in [0, 0.05) is 17.2 Å². The van der Waals surface area contributed by atoms with Crippen LogP contribution in [0.15, 0.2) is 77.2 Å². The van der Waals surface area contributed by atoms with Crippen LogP contribution in [-0.2, 0) is 14.8 Å². The van der Waals surface area contributed by atoms with E-state index in [2.05, 4.69) is 9.71 Å². The first-order valence-electron chi connectivity index (χ1n) is 11.1. The van der Waals surface area contributed by atoms with E-state index in [9.17, 15) is 17.9 Å². The highest BCUT2D eigenvalue weighted by Gasteiger charge is 2.47. The molecule has 0 aliphatic carbocycles. The topological polar surface area (TPSA) is 88.0 Å². The fourth-order valence-corrected chi connectivity index (χ4v) is 6.20. The molecule has 0 spiro atoms. The van der Waals surface area contributed by atoms with Gasteiger partial charge in [0.15, 0.2) is 0 Å². The van der Waals surface area contributed by atoms with Crippen molar-refractivity contribution < 1.29 is 22.7 Å². The molecule has 0 bridgehead atoms. The molecule has 0 aromatic heterocycles. The summed E-state index contributed by atoms with van der Waals surface area (Å²) < 4.78 is 50.9. The maximum atomic E-state index is 14.5. The predicted octanol–water partition coefficient (Wildman–Crippen LogP) is 5.40. The number of sulfonamides is 1. The summed E-state index contributed by atoms with van der Waals surface area (Å²) in [6.45, 7) is 3.05. The van der Waals surface area contributed by atoms with Crippen LogP contribution in [0.4, 0.5) is 4.39 Å². The molecule has 9 heteroatoms. The number of hydrogen-bond donors (Lipinski definition) is 2. The van der Waals surface area contributed by atoms with E-state index >= 15 is 0 Å². The largest absolute Gasteiger partial charge is 0.457 e. The zero-order valence-electron chi connectivity index (χ0n) is 19.3. The van der Waals surface area contributed by atoms with E-state index in [1.54, 1.807) is 26.0 Å². The Morgan fingerprint density at radius 2 is 1.74 bits per heavy atom. The second kappa shape index (κ2) is 9.97. The van der Waals surface area contributed by atoms with Crippen LogP contribution in [-0.4, -0.2) is 31.8 Å². The van der Waals surface area contributed by atoms with Crippen molar-refractivity contribution in [3.63, 3.8) is 0 Å². The minimum absolute atomic E-state index is 0.0878. The van der Waals surface area contributed by atoms with Crippen molar-refractivity contribution >= 4 is 27.6 Å². The van der Waals surface area contributed by atoms with E-state index in [-0.39, 0.29) is 24.6 Å². The highest BCUT2D eigenvalue weighted by Crippen LogP contribution is 2.41. The molecule has 3 aromatic carbocycles. The molecule has 0 radical (unpaired) electrons. The second-order valence-electron chi connectivity index (χ2n) is 8.86. The first-order valence-corrected chi connectivity index (χ1v) is 13.0. The maximum Gasteiger partial charge on any atom is 0.301 e. The van der Waals surface area contributed by atoms with Crippen LogP contribution in [0.1, 0.15) is 42.7 Å². The number of ether oxygens (including phenoxy) is 1. The van der Waals surface area contributed by atoms with Crippen LogP contribution in [0.2, 0.25) is 5.02 Å².